The first kappa shape index (κ1) is 26.3. The monoisotopic (exact) mass is 556 g/mol. The average Bonchev–Trinajstić information content (AvgIpc) is 3.50. The van der Waals surface area contributed by atoms with E-state index in [1.165, 1.54) is 22.3 Å². The number of carbonyl (C=O) groups excluding carboxylic acids is 1. The molecule has 4 aromatic rings. The molecule has 2 aliphatic heterocycles. The van der Waals surface area contributed by atoms with Gasteiger partial charge >= 0.3 is 6.09 Å². The van der Waals surface area contributed by atoms with Crippen molar-refractivity contribution in [2.45, 2.75) is 55.9 Å². The van der Waals surface area contributed by atoms with Crippen LogP contribution in [0.5, 0.6) is 5.75 Å². The fraction of sp³-hybridized carbons (Fsp3) is 0.278. The fourth-order valence-corrected chi connectivity index (χ4v) is 7.19. The number of rotatable bonds is 6. The van der Waals surface area contributed by atoms with Crippen LogP contribution >= 0.6 is 0 Å². The number of nitrogens with zero attached hydrogens (tertiary/aromatic N) is 2. The second-order valence-electron chi connectivity index (χ2n) is 11.6. The van der Waals surface area contributed by atoms with Crippen molar-refractivity contribution in [3.05, 3.63) is 125 Å². The van der Waals surface area contributed by atoms with Crippen molar-refractivity contribution in [2.75, 3.05) is 6.61 Å². The van der Waals surface area contributed by atoms with Crippen molar-refractivity contribution in [1.82, 2.24) is 4.90 Å². The minimum Gasteiger partial charge on any atom is -0.488 e. The molecule has 0 radical (unpaired) electrons. The number of aliphatic hydroxyl groups is 1. The smallest absolute Gasteiger partial charge is 0.410 e. The fourth-order valence-electron chi connectivity index (χ4n) is 7.19. The summed E-state index contributed by atoms with van der Waals surface area (Å²) in [4.78, 5) is 15.4. The molecule has 1 N–H and O–H groups in total. The predicted octanol–water partition coefficient (Wildman–Crippen LogP) is 6.90. The molecule has 2 unspecified atom stereocenters. The molecule has 6 nitrogen and oxygen atoms in total. The van der Waals surface area contributed by atoms with Gasteiger partial charge in [0.05, 0.1) is 11.2 Å². The van der Waals surface area contributed by atoms with E-state index in [0.29, 0.717) is 36.3 Å². The van der Waals surface area contributed by atoms with Crippen LogP contribution in [0, 0.1) is 11.3 Å². The Labute approximate surface area is 245 Å². The van der Waals surface area contributed by atoms with Gasteiger partial charge in [0.2, 0.25) is 0 Å². The van der Waals surface area contributed by atoms with E-state index in [0.717, 1.165) is 18.4 Å². The van der Waals surface area contributed by atoms with Crippen molar-refractivity contribution >= 4 is 6.09 Å². The number of fused-ring (bicyclic) bond motifs is 5. The van der Waals surface area contributed by atoms with Gasteiger partial charge in [-0.15, -0.1) is 0 Å². The van der Waals surface area contributed by atoms with E-state index in [4.69, 9.17) is 9.47 Å². The SMILES string of the molecule is N#Cc1ccc(C2(O)CC3CCC(C2)N3C(=O)OCC2c3ccccc3-c3ccccc32)cc1OCc1ccccc1. The van der Waals surface area contributed by atoms with Crippen LogP contribution in [0.25, 0.3) is 11.1 Å². The summed E-state index contributed by atoms with van der Waals surface area (Å²) in [5.41, 5.74) is 5.80. The molecule has 3 aliphatic rings. The normalized spacial score (nSPS) is 22.2. The summed E-state index contributed by atoms with van der Waals surface area (Å²) in [6, 6.07) is 33.7. The highest BCUT2D eigenvalue weighted by Gasteiger charge is 2.51. The van der Waals surface area contributed by atoms with Crippen molar-refractivity contribution in [3.63, 3.8) is 0 Å². The first-order valence-electron chi connectivity index (χ1n) is 14.6. The molecule has 0 spiro atoms. The highest BCUT2D eigenvalue weighted by molar-refractivity contribution is 5.79. The lowest BCUT2D eigenvalue weighted by molar-refractivity contribution is -0.0532. The van der Waals surface area contributed by atoms with Gasteiger partial charge in [-0.25, -0.2) is 4.79 Å². The zero-order valence-corrected chi connectivity index (χ0v) is 23.3. The van der Waals surface area contributed by atoms with Crippen molar-refractivity contribution in [3.8, 4) is 22.9 Å². The molecule has 42 heavy (non-hydrogen) atoms. The van der Waals surface area contributed by atoms with Gasteiger partial charge in [-0.05, 0) is 58.4 Å². The molecular formula is C36H32N2O4. The Hall–Kier alpha value is -4.60. The number of carbonyl (C=O) groups is 1. The number of ether oxygens (including phenoxy) is 2. The quantitative estimate of drug-likeness (QED) is 0.279. The second-order valence-corrected chi connectivity index (χ2v) is 11.6. The molecule has 4 aromatic carbocycles. The van der Waals surface area contributed by atoms with Gasteiger partial charge in [-0.2, -0.15) is 5.26 Å². The summed E-state index contributed by atoms with van der Waals surface area (Å²) in [5.74, 6) is 0.465. The van der Waals surface area contributed by atoms with Crippen molar-refractivity contribution < 1.29 is 19.4 Å². The second kappa shape index (κ2) is 10.7. The molecule has 0 saturated carbocycles. The van der Waals surface area contributed by atoms with Gasteiger partial charge in [0.25, 0.3) is 0 Å². The van der Waals surface area contributed by atoms with Crippen LogP contribution in [0.15, 0.2) is 97.1 Å². The van der Waals surface area contributed by atoms with Crippen LogP contribution in [0.4, 0.5) is 4.79 Å². The Bertz CT molecular complexity index is 1620. The van der Waals surface area contributed by atoms with Gasteiger partial charge in [-0.3, -0.25) is 0 Å². The average molecular weight is 557 g/mol. The van der Waals surface area contributed by atoms with Crippen LogP contribution < -0.4 is 4.74 Å². The predicted molar refractivity (Wildman–Crippen MR) is 159 cm³/mol. The topological polar surface area (TPSA) is 82.8 Å². The van der Waals surface area contributed by atoms with Crippen LogP contribution in [0.1, 0.15) is 59.4 Å². The largest absolute Gasteiger partial charge is 0.488 e. The minimum absolute atomic E-state index is 0.00804. The molecule has 2 heterocycles. The highest BCUT2D eigenvalue weighted by Crippen LogP contribution is 2.48. The van der Waals surface area contributed by atoms with E-state index in [-0.39, 0.29) is 30.7 Å². The Morgan fingerprint density at radius 2 is 1.50 bits per heavy atom. The summed E-state index contributed by atoms with van der Waals surface area (Å²) in [6.07, 6.45) is 2.17. The first-order chi connectivity index (χ1) is 20.5. The van der Waals surface area contributed by atoms with E-state index < -0.39 is 5.60 Å². The molecular weight excluding hydrogens is 524 g/mol. The van der Waals surface area contributed by atoms with Gasteiger partial charge in [0.1, 0.15) is 25.0 Å². The number of piperidine rings is 1. The molecule has 2 saturated heterocycles. The van der Waals surface area contributed by atoms with Crippen molar-refractivity contribution in [1.29, 1.82) is 5.26 Å². The molecule has 210 valence electrons. The Balaban J connectivity index is 1.06. The number of hydrogen-bond acceptors (Lipinski definition) is 5. The molecule has 2 fully saturated rings. The third-order valence-corrected chi connectivity index (χ3v) is 9.19. The van der Waals surface area contributed by atoms with E-state index in [1.807, 2.05) is 65.6 Å². The minimum atomic E-state index is -1.12. The lowest BCUT2D eigenvalue weighted by atomic mass is 9.80. The number of hydrogen-bond donors (Lipinski definition) is 1. The van der Waals surface area contributed by atoms with Crippen LogP contribution in [-0.2, 0) is 16.9 Å². The molecule has 2 atom stereocenters. The van der Waals surface area contributed by atoms with Crippen LogP contribution in [-0.4, -0.2) is 34.8 Å². The molecule has 6 heteroatoms. The van der Waals surface area contributed by atoms with Gasteiger partial charge in [0, 0.05) is 30.8 Å². The van der Waals surface area contributed by atoms with Crippen LogP contribution in [0.2, 0.25) is 0 Å². The van der Waals surface area contributed by atoms with E-state index in [1.54, 1.807) is 12.1 Å². The van der Waals surface area contributed by atoms with Gasteiger partial charge in [0.15, 0.2) is 0 Å². The first-order valence-corrected chi connectivity index (χ1v) is 14.6. The Morgan fingerprint density at radius 1 is 0.881 bits per heavy atom. The summed E-state index contributed by atoms with van der Waals surface area (Å²) in [7, 11) is 0. The Morgan fingerprint density at radius 3 is 2.14 bits per heavy atom. The van der Waals surface area contributed by atoms with Gasteiger partial charge in [-0.1, -0.05) is 84.9 Å². The summed E-state index contributed by atoms with van der Waals surface area (Å²) in [6.45, 7) is 0.614. The maximum atomic E-state index is 13.5. The zero-order valence-electron chi connectivity index (χ0n) is 23.3. The van der Waals surface area contributed by atoms with E-state index in [9.17, 15) is 15.2 Å². The third-order valence-electron chi connectivity index (χ3n) is 9.19. The maximum absolute atomic E-state index is 13.5. The summed E-state index contributed by atoms with van der Waals surface area (Å²) >= 11 is 0. The van der Waals surface area contributed by atoms with E-state index in [2.05, 4.69) is 30.3 Å². The molecule has 0 aromatic heterocycles. The lowest BCUT2D eigenvalue weighted by Crippen LogP contribution is -2.52. The number of amides is 1. The van der Waals surface area contributed by atoms with Crippen molar-refractivity contribution in [2.24, 2.45) is 0 Å². The lowest BCUT2D eigenvalue weighted by Gasteiger charge is -2.43. The number of benzene rings is 4. The Kier molecular flexibility index (Phi) is 6.68. The molecule has 1 aliphatic carbocycles. The third kappa shape index (κ3) is 4.60. The standard InChI is InChI=1S/C36H32N2O4/c37-21-25-14-15-26(18-34(25)41-22-24-8-2-1-3-9-24)36(40)19-27-16-17-28(20-36)38(27)35(39)42-23-33-31-12-6-4-10-29(31)30-11-5-7-13-32(30)33/h1-15,18,27-28,33,40H,16-17,19-20,22-23H2. The number of nitriles is 1. The van der Waals surface area contributed by atoms with E-state index >= 15 is 0 Å². The molecule has 1 amide bonds. The van der Waals surface area contributed by atoms with Crippen LogP contribution in [0.3, 0.4) is 0 Å². The molecule has 2 bridgehead atoms. The van der Waals surface area contributed by atoms with Gasteiger partial charge < -0.3 is 19.5 Å². The maximum Gasteiger partial charge on any atom is 0.410 e. The molecule has 7 rings (SSSR count). The zero-order chi connectivity index (χ0) is 28.7. The highest BCUT2D eigenvalue weighted by atomic mass is 16.6. The summed E-state index contributed by atoms with van der Waals surface area (Å²) in [5, 5.41) is 21.6. The summed E-state index contributed by atoms with van der Waals surface area (Å²) < 4.78 is 12.0.